The second kappa shape index (κ2) is 8.81. The molecule has 0 aliphatic carbocycles. The first kappa shape index (κ1) is 15.8. The summed E-state index contributed by atoms with van der Waals surface area (Å²) in [6, 6.07) is 11.4. The number of nitrogens with one attached hydrogen (secondary N) is 1. The molecule has 1 saturated heterocycles. The van der Waals surface area contributed by atoms with Gasteiger partial charge in [-0.2, -0.15) is 11.8 Å². The maximum Gasteiger partial charge on any atom is 0.0193 e. The second-order valence-corrected chi connectivity index (χ2v) is 5.73. The van der Waals surface area contributed by atoms with Crippen LogP contribution in [0, 0.1) is 0 Å². The smallest absolute Gasteiger partial charge is 0.0193 e. The molecule has 1 fully saturated rings. The molecule has 0 radical (unpaired) electrons. The summed E-state index contributed by atoms with van der Waals surface area (Å²) in [6.45, 7) is 7.03. The first-order valence-electron chi connectivity index (χ1n) is 6.42. The van der Waals surface area contributed by atoms with Crippen molar-refractivity contribution in [2.45, 2.75) is 18.7 Å². The molecule has 1 aliphatic heterocycles. The molecule has 1 aromatic carbocycles. The molecule has 0 amide bonds. The van der Waals surface area contributed by atoms with E-state index in [0.29, 0.717) is 6.04 Å². The fourth-order valence-electron chi connectivity index (χ4n) is 2.16. The van der Waals surface area contributed by atoms with E-state index in [0.717, 1.165) is 18.8 Å². The van der Waals surface area contributed by atoms with Gasteiger partial charge in [-0.25, -0.2) is 0 Å². The van der Waals surface area contributed by atoms with Crippen molar-refractivity contribution < 1.29 is 0 Å². The van der Waals surface area contributed by atoms with Gasteiger partial charge in [0.2, 0.25) is 0 Å². The maximum absolute atomic E-state index is 3.43. The summed E-state index contributed by atoms with van der Waals surface area (Å²) >= 11 is 2.04. The fraction of sp³-hybridized carbons (Fsp3) is 0.571. The summed E-state index contributed by atoms with van der Waals surface area (Å²) in [7, 11) is 0. The fourth-order valence-corrected chi connectivity index (χ4v) is 3.10. The topological polar surface area (TPSA) is 15.3 Å². The molecule has 1 atom stereocenters. The Balaban J connectivity index is 0.00000162. The maximum atomic E-state index is 3.43. The highest BCUT2D eigenvalue weighted by molar-refractivity contribution is 7.98. The van der Waals surface area contributed by atoms with Crippen LogP contribution in [0.25, 0.3) is 0 Å². The lowest BCUT2D eigenvalue weighted by atomic mass is 10.2. The Morgan fingerprint density at radius 2 is 2.11 bits per heavy atom. The number of nitrogens with zero attached hydrogens (tertiary/aromatic N) is 1. The van der Waals surface area contributed by atoms with Crippen LogP contribution >= 0.6 is 24.2 Å². The number of hydrogen-bond donors (Lipinski definition) is 1. The largest absolute Gasteiger partial charge is 0.314 e. The van der Waals surface area contributed by atoms with Crippen molar-refractivity contribution in [2.24, 2.45) is 0 Å². The second-order valence-electron chi connectivity index (χ2n) is 4.63. The Morgan fingerprint density at radius 3 is 2.83 bits per heavy atom. The molecular formula is C14H23ClN2S. The van der Waals surface area contributed by atoms with Crippen LogP contribution in [-0.2, 0) is 5.75 Å². The zero-order chi connectivity index (χ0) is 11.9. The summed E-state index contributed by atoms with van der Waals surface area (Å²) in [5.74, 6) is 2.38. The van der Waals surface area contributed by atoms with Crippen molar-refractivity contribution in [2.75, 3.05) is 31.9 Å². The van der Waals surface area contributed by atoms with Crippen LogP contribution in [-0.4, -0.2) is 42.9 Å². The van der Waals surface area contributed by atoms with E-state index in [1.807, 2.05) is 11.8 Å². The van der Waals surface area contributed by atoms with Gasteiger partial charge in [-0.05, 0) is 12.5 Å². The van der Waals surface area contributed by atoms with E-state index in [1.54, 1.807) is 0 Å². The third kappa shape index (κ3) is 5.19. The van der Waals surface area contributed by atoms with Crippen LogP contribution in [0.3, 0.4) is 0 Å². The zero-order valence-electron chi connectivity index (χ0n) is 11.0. The van der Waals surface area contributed by atoms with E-state index in [1.165, 1.54) is 24.4 Å². The van der Waals surface area contributed by atoms with Crippen molar-refractivity contribution in [3.05, 3.63) is 35.9 Å². The van der Waals surface area contributed by atoms with E-state index in [4.69, 9.17) is 0 Å². The molecule has 0 aromatic heterocycles. The van der Waals surface area contributed by atoms with E-state index >= 15 is 0 Å². The Morgan fingerprint density at radius 1 is 1.33 bits per heavy atom. The monoisotopic (exact) mass is 286 g/mol. The molecule has 2 nitrogen and oxygen atoms in total. The predicted molar refractivity (Wildman–Crippen MR) is 83.8 cm³/mol. The van der Waals surface area contributed by atoms with Crippen LogP contribution < -0.4 is 5.32 Å². The minimum absolute atomic E-state index is 0. The first-order valence-corrected chi connectivity index (χ1v) is 7.58. The van der Waals surface area contributed by atoms with E-state index in [9.17, 15) is 0 Å². The minimum Gasteiger partial charge on any atom is -0.314 e. The molecule has 1 aromatic rings. The van der Waals surface area contributed by atoms with Gasteiger partial charge in [-0.3, -0.25) is 4.90 Å². The molecule has 0 spiro atoms. The standard InChI is InChI=1S/C14H22N2S.ClH/c1-13-11-15-7-8-16(13)9-10-17-12-14-5-3-2-4-6-14;/h2-6,13,15H,7-12H2,1H3;1H/t13-;/m0./s1. The first-order chi connectivity index (χ1) is 8.36. The number of halogens is 1. The lowest BCUT2D eigenvalue weighted by Gasteiger charge is -2.33. The highest BCUT2D eigenvalue weighted by atomic mass is 35.5. The normalized spacial score (nSPS) is 20.4. The molecular weight excluding hydrogens is 264 g/mol. The van der Waals surface area contributed by atoms with Gasteiger partial charge in [0.05, 0.1) is 0 Å². The average molecular weight is 287 g/mol. The Bertz CT molecular complexity index is 321. The third-order valence-corrected chi connectivity index (χ3v) is 4.28. The van der Waals surface area contributed by atoms with Crippen molar-refractivity contribution in [1.82, 2.24) is 10.2 Å². The Kier molecular flexibility index (Phi) is 7.75. The zero-order valence-corrected chi connectivity index (χ0v) is 12.6. The highest BCUT2D eigenvalue weighted by Crippen LogP contribution is 2.12. The summed E-state index contributed by atoms with van der Waals surface area (Å²) in [6.07, 6.45) is 0. The predicted octanol–water partition coefficient (Wildman–Crippen LogP) is 2.64. The lowest BCUT2D eigenvalue weighted by Crippen LogP contribution is -2.50. The van der Waals surface area contributed by atoms with Crippen LogP contribution in [0.15, 0.2) is 30.3 Å². The van der Waals surface area contributed by atoms with Gasteiger partial charge < -0.3 is 5.32 Å². The van der Waals surface area contributed by atoms with Crippen molar-refractivity contribution in [1.29, 1.82) is 0 Å². The van der Waals surface area contributed by atoms with Crippen LogP contribution in [0.5, 0.6) is 0 Å². The van der Waals surface area contributed by atoms with Crippen molar-refractivity contribution >= 4 is 24.2 Å². The number of hydrogen-bond acceptors (Lipinski definition) is 3. The van der Waals surface area contributed by atoms with E-state index in [2.05, 4.69) is 47.5 Å². The Labute approximate surface area is 121 Å². The van der Waals surface area contributed by atoms with Crippen LogP contribution in [0.2, 0.25) is 0 Å². The van der Waals surface area contributed by atoms with Gasteiger partial charge in [0, 0.05) is 43.7 Å². The van der Waals surface area contributed by atoms with E-state index in [-0.39, 0.29) is 12.4 Å². The van der Waals surface area contributed by atoms with Gasteiger partial charge in [-0.15, -0.1) is 12.4 Å². The van der Waals surface area contributed by atoms with Crippen molar-refractivity contribution in [3.63, 3.8) is 0 Å². The summed E-state index contributed by atoms with van der Waals surface area (Å²) in [4.78, 5) is 2.59. The van der Waals surface area contributed by atoms with Crippen LogP contribution in [0.1, 0.15) is 12.5 Å². The van der Waals surface area contributed by atoms with Gasteiger partial charge in [-0.1, -0.05) is 30.3 Å². The minimum atomic E-state index is 0. The van der Waals surface area contributed by atoms with E-state index < -0.39 is 0 Å². The highest BCUT2D eigenvalue weighted by Gasteiger charge is 2.16. The number of thioether (sulfide) groups is 1. The quantitative estimate of drug-likeness (QED) is 0.838. The SMILES string of the molecule is C[C@H]1CNCCN1CCSCc1ccccc1.Cl. The third-order valence-electron chi connectivity index (χ3n) is 3.27. The molecule has 1 aliphatic rings. The van der Waals surface area contributed by atoms with Crippen molar-refractivity contribution in [3.8, 4) is 0 Å². The Hall–Kier alpha value is -0.220. The number of rotatable bonds is 5. The molecule has 0 bridgehead atoms. The van der Waals surface area contributed by atoms with Crippen LogP contribution in [0.4, 0.5) is 0 Å². The molecule has 2 rings (SSSR count). The summed E-state index contributed by atoms with van der Waals surface area (Å²) < 4.78 is 0. The number of benzene rings is 1. The molecule has 1 heterocycles. The lowest BCUT2D eigenvalue weighted by molar-refractivity contribution is 0.184. The summed E-state index contributed by atoms with van der Waals surface area (Å²) in [5.41, 5.74) is 1.44. The molecule has 1 N–H and O–H groups in total. The van der Waals surface area contributed by atoms with Gasteiger partial charge in [0.25, 0.3) is 0 Å². The van der Waals surface area contributed by atoms with Gasteiger partial charge >= 0.3 is 0 Å². The van der Waals surface area contributed by atoms with Gasteiger partial charge in [0.1, 0.15) is 0 Å². The molecule has 18 heavy (non-hydrogen) atoms. The molecule has 0 unspecified atom stereocenters. The number of piperazine rings is 1. The molecule has 4 heteroatoms. The van der Waals surface area contributed by atoms with Gasteiger partial charge in [0.15, 0.2) is 0 Å². The molecule has 102 valence electrons. The average Bonchev–Trinajstić information content (AvgIpc) is 2.38. The summed E-state index contributed by atoms with van der Waals surface area (Å²) in [5, 5.41) is 3.43. The molecule has 0 saturated carbocycles.